The molecule has 0 spiro atoms. The van der Waals surface area contributed by atoms with Gasteiger partial charge in [0.2, 0.25) is 10.0 Å². The Morgan fingerprint density at radius 1 is 1.33 bits per heavy atom. The molecule has 2 rings (SSSR count). The molecule has 2 heterocycles. The van der Waals surface area contributed by atoms with Gasteiger partial charge in [-0.05, 0) is 19.4 Å². The minimum atomic E-state index is -3.49. The summed E-state index contributed by atoms with van der Waals surface area (Å²) in [6.07, 6.45) is 1.04. The van der Waals surface area contributed by atoms with E-state index in [2.05, 4.69) is 5.32 Å². The van der Waals surface area contributed by atoms with Crippen LogP contribution in [0, 0.1) is 0 Å². The molecule has 0 radical (unpaired) electrons. The largest absolute Gasteiger partial charge is 0.315 e. The molecule has 0 aromatic carbocycles. The molecule has 0 saturated carbocycles. The summed E-state index contributed by atoms with van der Waals surface area (Å²) in [5.41, 5.74) is 0. The van der Waals surface area contributed by atoms with Crippen LogP contribution in [0.1, 0.15) is 19.8 Å². The Balaban J connectivity index is 2.18. The van der Waals surface area contributed by atoms with Crippen LogP contribution in [-0.4, -0.2) is 63.6 Å². The third-order valence-electron chi connectivity index (χ3n) is 3.69. The van der Waals surface area contributed by atoms with Gasteiger partial charge in [-0.2, -0.15) is 4.31 Å². The number of likely N-dealkylation sites (N-methyl/N-ethyl adjacent to an activating group) is 1. The van der Waals surface area contributed by atoms with Crippen molar-refractivity contribution in [3.8, 4) is 0 Å². The lowest BCUT2D eigenvalue weighted by Crippen LogP contribution is -2.46. The Morgan fingerprint density at radius 3 is 2.50 bits per heavy atom. The van der Waals surface area contributed by atoms with Gasteiger partial charge in [0.15, 0.2) is 9.84 Å². The zero-order valence-electron chi connectivity index (χ0n) is 10.5. The summed E-state index contributed by atoms with van der Waals surface area (Å²) in [7, 11) is -6.66. The highest BCUT2D eigenvalue weighted by Crippen LogP contribution is 2.24. The summed E-state index contributed by atoms with van der Waals surface area (Å²) in [5, 5.41) is 2.39. The fourth-order valence-corrected chi connectivity index (χ4v) is 7.47. The normalized spacial score (nSPS) is 32.1. The molecule has 2 atom stereocenters. The monoisotopic (exact) mass is 296 g/mol. The van der Waals surface area contributed by atoms with E-state index in [0.29, 0.717) is 13.1 Å². The highest BCUT2D eigenvalue weighted by molar-refractivity contribution is 7.95. The van der Waals surface area contributed by atoms with Crippen LogP contribution >= 0.6 is 0 Å². The maximum absolute atomic E-state index is 12.5. The molecule has 6 nitrogen and oxygen atoms in total. The molecule has 0 aromatic rings. The average molecular weight is 296 g/mol. The molecule has 18 heavy (non-hydrogen) atoms. The van der Waals surface area contributed by atoms with E-state index in [-0.39, 0.29) is 24.0 Å². The first-order chi connectivity index (χ1) is 8.37. The Labute approximate surface area is 109 Å². The number of sulfone groups is 1. The molecular weight excluding hydrogens is 276 g/mol. The SMILES string of the molecule is CCN(C1CCNC1)S(=O)(=O)C1CCS(=O)(=O)C1. The van der Waals surface area contributed by atoms with Crippen molar-refractivity contribution in [1.29, 1.82) is 0 Å². The van der Waals surface area contributed by atoms with Crippen molar-refractivity contribution in [1.82, 2.24) is 9.62 Å². The van der Waals surface area contributed by atoms with Gasteiger partial charge in [0.05, 0.1) is 16.8 Å². The first-order valence-corrected chi connectivity index (χ1v) is 9.61. The van der Waals surface area contributed by atoms with Gasteiger partial charge in [0.25, 0.3) is 0 Å². The second kappa shape index (κ2) is 5.07. The second-order valence-corrected chi connectivity index (χ2v) is 9.31. The van der Waals surface area contributed by atoms with Crippen molar-refractivity contribution < 1.29 is 16.8 Å². The molecule has 0 aromatic heterocycles. The third kappa shape index (κ3) is 2.71. The predicted molar refractivity (Wildman–Crippen MR) is 69.6 cm³/mol. The average Bonchev–Trinajstić information content (AvgIpc) is 2.88. The van der Waals surface area contributed by atoms with Crippen molar-refractivity contribution >= 4 is 19.9 Å². The Bertz CT molecular complexity index is 494. The highest BCUT2D eigenvalue weighted by atomic mass is 32.2. The van der Waals surface area contributed by atoms with Crippen molar-refractivity contribution in [2.75, 3.05) is 31.1 Å². The lowest BCUT2D eigenvalue weighted by atomic mass is 10.3. The zero-order valence-corrected chi connectivity index (χ0v) is 12.1. The fourth-order valence-electron chi connectivity index (χ4n) is 2.72. The van der Waals surface area contributed by atoms with Crippen molar-refractivity contribution in [2.45, 2.75) is 31.1 Å². The Kier molecular flexibility index (Phi) is 4.01. The third-order valence-corrected chi connectivity index (χ3v) is 8.13. The number of hydrogen-bond donors (Lipinski definition) is 1. The maximum atomic E-state index is 12.5. The van der Waals surface area contributed by atoms with Crippen LogP contribution in [-0.2, 0) is 19.9 Å². The quantitative estimate of drug-likeness (QED) is 0.733. The number of rotatable bonds is 4. The van der Waals surface area contributed by atoms with Gasteiger partial charge in [-0.15, -0.1) is 0 Å². The second-order valence-electron chi connectivity index (χ2n) is 4.92. The molecule has 1 N–H and O–H groups in total. The van der Waals surface area contributed by atoms with E-state index in [1.165, 1.54) is 4.31 Å². The van der Waals surface area contributed by atoms with Crippen LogP contribution in [0.4, 0.5) is 0 Å². The molecule has 2 saturated heterocycles. The summed E-state index contributed by atoms with van der Waals surface area (Å²) in [6.45, 7) is 3.69. The topological polar surface area (TPSA) is 83.6 Å². The van der Waals surface area contributed by atoms with E-state index >= 15 is 0 Å². The highest BCUT2D eigenvalue weighted by Gasteiger charge is 2.42. The minimum absolute atomic E-state index is 0.00261. The first kappa shape index (κ1) is 14.2. The maximum Gasteiger partial charge on any atom is 0.218 e. The van der Waals surface area contributed by atoms with E-state index in [4.69, 9.17) is 0 Å². The molecular formula is C10H20N2O4S2. The molecule has 2 aliphatic heterocycles. The number of nitrogens with zero attached hydrogens (tertiary/aromatic N) is 1. The molecule has 8 heteroatoms. The summed E-state index contributed by atoms with van der Waals surface area (Å²) in [6, 6.07) is -0.0247. The van der Waals surface area contributed by atoms with Gasteiger partial charge in [-0.3, -0.25) is 0 Å². The summed E-state index contributed by atoms with van der Waals surface area (Å²) in [5.74, 6) is -0.219. The molecule has 2 fully saturated rings. The standard InChI is InChI=1S/C10H20N2O4S2/c1-2-12(9-3-5-11-7-9)18(15,16)10-4-6-17(13,14)8-10/h9-11H,2-8H2,1H3. The molecule has 0 aliphatic carbocycles. The predicted octanol–water partition coefficient (Wildman–Crippen LogP) is -0.813. The summed E-state index contributed by atoms with van der Waals surface area (Å²) >= 11 is 0. The van der Waals surface area contributed by atoms with Gasteiger partial charge in [-0.1, -0.05) is 6.92 Å². The molecule has 2 aliphatic rings. The van der Waals surface area contributed by atoms with E-state index in [1.54, 1.807) is 6.92 Å². The van der Waals surface area contributed by atoms with Crippen LogP contribution in [0.15, 0.2) is 0 Å². The van der Waals surface area contributed by atoms with Crippen molar-refractivity contribution in [3.05, 3.63) is 0 Å². The van der Waals surface area contributed by atoms with Crippen LogP contribution in [0.5, 0.6) is 0 Å². The number of nitrogens with one attached hydrogen (secondary N) is 1. The minimum Gasteiger partial charge on any atom is -0.315 e. The molecule has 0 amide bonds. The van der Waals surface area contributed by atoms with Gasteiger partial charge in [-0.25, -0.2) is 16.8 Å². The van der Waals surface area contributed by atoms with Crippen LogP contribution in [0.25, 0.3) is 0 Å². The van der Waals surface area contributed by atoms with Crippen LogP contribution in [0.2, 0.25) is 0 Å². The van der Waals surface area contributed by atoms with Gasteiger partial charge in [0, 0.05) is 19.1 Å². The van der Waals surface area contributed by atoms with E-state index in [1.807, 2.05) is 0 Å². The van der Waals surface area contributed by atoms with Crippen molar-refractivity contribution in [3.63, 3.8) is 0 Å². The zero-order chi connectivity index (χ0) is 13.4. The van der Waals surface area contributed by atoms with Crippen LogP contribution < -0.4 is 5.32 Å². The van der Waals surface area contributed by atoms with E-state index in [9.17, 15) is 16.8 Å². The van der Waals surface area contributed by atoms with Gasteiger partial charge < -0.3 is 5.32 Å². The van der Waals surface area contributed by atoms with Gasteiger partial charge >= 0.3 is 0 Å². The molecule has 0 bridgehead atoms. The first-order valence-electron chi connectivity index (χ1n) is 6.28. The van der Waals surface area contributed by atoms with E-state index < -0.39 is 25.1 Å². The van der Waals surface area contributed by atoms with E-state index in [0.717, 1.165) is 13.0 Å². The number of sulfonamides is 1. The lowest BCUT2D eigenvalue weighted by Gasteiger charge is -2.28. The Morgan fingerprint density at radius 2 is 2.06 bits per heavy atom. The smallest absolute Gasteiger partial charge is 0.218 e. The van der Waals surface area contributed by atoms with Crippen LogP contribution in [0.3, 0.4) is 0 Å². The molecule has 2 unspecified atom stereocenters. The van der Waals surface area contributed by atoms with Crippen molar-refractivity contribution in [2.24, 2.45) is 0 Å². The van der Waals surface area contributed by atoms with Gasteiger partial charge in [0.1, 0.15) is 0 Å². The Hall–Kier alpha value is -0.180. The summed E-state index contributed by atoms with van der Waals surface area (Å²) < 4.78 is 49.3. The summed E-state index contributed by atoms with van der Waals surface area (Å²) in [4.78, 5) is 0. The fraction of sp³-hybridized carbons (Fsp3) is 1.00. The lowest BCUT2D eigenvalue weighted by molar-refractivity contribution is 0.344. The molecule has 106 valence electrons. The number of hydrogen-bond acceptors (Lipinski definition) is 5.